The number of aryl methyl sites for hydroxylation is 1. The van der Waals surface area contributed by atoms with E-state index in [1.807, 2.05) is 37.3 Å². The number of piperazine rings is 1. The molecular weight excluding hydrogens is 502 g/mol. The Morgan fingerprint density at radius 1 is 1.00 bits per heavy atom. The van der Waals surface area contributed by atoms with Gasteiger partial charge in [0.2, 0.25) is 11.8 Å². The normalized spacial score (nSPS) is 17.1. The fraction of sp³-hybridized carbons (Fsp3) is 0.357. The van der Waals surface area contributed by atoms with Crippen LogP contribution < -0.4 is 15.4 Å². The number of carbonyl (C=O) groups is 4. The van der Waals surface area contributed by atoms with Gasteiger partial charge >= 0.3 is 12.0 Å². The van der Waals surface area contributed by atoms with Crippen LogP contribution in [0.3, 0.4) is 0 Å². The molecule has 0 unspecified atom stereocenters. The molecule has 11 nitrogen and oxygen atoms in total. The standard InChI is InChI=1S/C28H33N5O6/c1-19-6-3-4-7-21(19)29-28(38)30-22-10-9-20(16-24(22)39-2)17-25(34)33-11-5-8-23(33)27(37)32-14-12-31(13-15-32)18-26(35)36/h3-10,16,23H,11-15,17-18H2,1-2H3,(H,35,36)(H2,29,30,38)/t23-/m0/s1. The highest BCUT2D eigenvalue weighted by Gasteiger charge is 2.34. The number of para-hydroxylation sites is 1. The van der Waals surface area contributed by atoms with Gasteiger partial charge in [-0.25, -0.2) is 4.79 Å². The van der Waals surface area contributed by atoms with Gasteiger partial charge in [-0.1, -0.05) is 36.4 Å². The number of anilines is 2. The maximum Gasteiger partial charge on any atom is 0.323 e. The number of rotatable bonds is 8. The summed E-state index contributed by atoms with van der Waals surface area (Å²) in [5, 5.41) is 14.6. The second-order valence-corrected chi connectivity index (χ2v) is 9.52. The first-order valence-corrected chi connectivity index (χ1v) is 12.7. The van der Waals surface area contributed by atoms with E-state index in [1.54, 1.807) is 39.0 Å². The molecule has 0 aliphatic carbocycles. The van der Waals surface area contributed by atoms with Crippen LogP contribution in [0.4, 0.5) is 16.2 Å². The van der Waals surface area contributed by atoms with E-state index >= 15 is 0 Å². The van der Waals surface area contributed by atoms with Crippen LogP contribution in [0.25, 0.3) is 0 Å². The number of urea groups is 1. The monoisotopic (exact) mass is 535 g/mol. The van der Waals surface area contributed by atoms with Crippen LogP contribution in [0.5, 0.6) is 5.75 Å². The number of hydrogen-bond donors (Lipinski definition) is 3. The van der Waals surface area contributed by atoms with Crippen molar-refractivity contribution in [3.63, 3.8) is 0 Å². The predicted octanol–water partition coefficient (Wildman–Crippen LogP) is 2.19. The molecular formula is C28H33N5O6. The zero-order chi connectivity index (χ0) is 27.9. The third kappa shape index (κ3) is 6.94. The number of aliphatic carboxylic acids is 1. The van der Waals surface area contributed by atoms with E-state index in [0.717, 1.165) is 5.56 Å². The lowest BCUT2D eigenvalue weighted by Gasteiger charge is -2.36. The van der Waals surface area contributed by atoms with E-state index in [9.17, 15) is 19.2 Å². The van der Waals surface area contributed by atoms with Gasteiger partial charge < -0.3 is 30.3 Å². The van der Waals surface area contributed by atoms with Gasteiger partial charge in [-0.3, -0.25) is 19.3 Å². The van der Waals surface area contributed by atoms with Crippen molar-refractivity contribution in [3.05, 3.63) is 65.7 Å². The number of nitrogens with one attached hydrogen (secondary N) is 2. The molecule has 11 heteroatoms. The Morgan fingerprint density at radius 2 is 1.72 bits per heavy atom. The van der Waals surface area contributed by atoms with E-state index in [2.05, 4.69) is 10.6 Å². The summed E-state index contributed by atoms with van der Waals surface area (Å²) < 4.78 is 5.46. The molecule has 1 fully saturated rings. The largest absolute Gasteiger partial charge is 0.495 e. The fourth-order valence-corrected chi connectivity index (χ4v) is 4.71. The van der Waals surface area contributed by atoms with Crippen LogP contribution in [0, 0.1) is 6.92 Å². The molecule has 2 aliphatic heterocycles. The van der Waals surface area contributed by atoms with Crippen molar-refractivity contribution in [1.82, 2.24) is 14.7 Å². The molecule has 0 saturated carbocycles. The zero-order valence-electron chi connectivity index (χ0n) is 22.1. The number of hydrogen-bond acceptors (Lipinski definition) is 6. The average Bonchev–Trinajstić information content (AvgIpc) is 3.41. The number of nitrogens with zero attached hydrogens (tertiary/aromatic N) is 3. The Balaban J connectivity index is 1.35. The number of carboxylic acids is 1. The first-order valence-electron chi connectivity index (χ1n) is 12.7. The fourth-order valence-electron chi connectivity index (χ4n) is 4.71. The summed E-state index contributed by atoms with van der Waals surface area (Å²) in [5.74, 6) is -0.852. The third-order valence-electron chi connectivity index (χ3n) is 6.84. The van der Waals surface area contributed by atoms with E-state index < -0.39 is 18.0 Å². The van der Waals surface area contributed by atoms with Gasteiger partial charge in [0.1, 0.15) is 11.8 Å². The number of amides is 4. The molecule has 0 aromatic heterocycles. The van der Waals surface area contributed by atoms with Crippen molar-refractivity contribution in [2.24, 2.45) is 0 Å². The summed E-state index contributed by atoms with van der Waals surface area (Å²) in [5.41, 5.74) is 2.77. The minimum absolute atomic E-state index is 0.0505. The minimum Gasteiger partial charge on any atom is -0.495 e. The van der Waals surface area contributed by atoms with Gasteiger partial charge in [0.15, 0.2) is 0 Å². The summed E-state index contributed by atoms with van der Waals surface area (Å²) in [6, 6.07) is 11.5. The molecule has 2 heterocycles. The number of ether oxygens (including phenoxy) is 1. The van der Waals surface area contributed by atoms with E-state index in [0.29, 0.717) is 55.4 Å². The second-order valence-electron chi connectivity index (χ2n) is 9.52. The van der Waals surface area contributed by atoms with E-state index in [4.69, 9.17) is 9.84 Å². The molecule has 2 aromatic carbocycles. The molecule has 2 aromatic rings. The summed E-state index contributed by atoms with van der Waals surface area (Å²) in [6.45, 7) is 3.98. The van der Waals surface area contributed by atoms with Crippen molar-refractivity contribution < 1.29 is 29.0 Å². The predicted molar refractivity (Wildman–Crippen MR) is 146 cm³/mol. The third-order valence-corrected chi connectivity index (χ3v) is 6.84. The van der Waals surface area contributed by atoms with Crippen molar-refractivity contribution in [2.45, 2.75) is 19.4 Å². The minimum atomic E-state index is -0.892. The quantitative estimate of drug-likeness (QED) is 0.442. The number of methoxy groups -OCH3 is 1. The number of carbonyl (C=O) groups excluding carboxylic acids is 3. The summed E-state index contributed by atoms with van der Waals surface area (Å²) in [6.07, 6.45) is 3.61. The van der Waals surface area contributed by atoms with Gasteiger partial charge in [0.05, 0.1) is 25.8 Å². The van der Waals surface area contributed by atoms with Crippen molar-refractivity contribution >= 4 is 35.2 Å². The number of carboxylic acid groups (broad SMARTS) is 1. The van der Waals surface area contributed by atoms with Gasteiger partial charge in [0.25, 0.3) is 0 Å². The lowest BCUT2D eigenvalue weighted by atomic mass is 10.1. The molecule has 0 bridgehead atoms. The molecule has 0 radical (unpaired) electrons. The van der Waals surface area contributed by atoms with Crippen LogP contribution in [-0.2, 0) is 20.8 Å². The summed E-state index contributed by atoms with van der Waals surface area (Å²) in [4.78, 5) is 54.9. The highest BCUT2D eigenvalue weighted by atomic mass is 16.5. The number of benzene rings is 2. The van der Waals surface area contributed by atoms with Gasteiger partial charge in [-0.2, -0.15) is 0 Å². The molecule has 1 atom stereocenters. The van der Waals surface area contributed by atoms with Gasteiger partial charge in [-0.15, -0.1) is 0 Å². The van der Waals surface area contributed by atoms with Gasteiger partial charge in [-0.05, 0) is 36.2 Å². The molecule has 0 spiro atoms. The van der Waals surface area contributed by atoms with Crippen LogP contribution in [-0.4, -0.2) is 96.0 Å². The van der Waals surface area contributed by atoms with Crippen LogP contribution in [0.15, 0.2) is 54.6 Å². The molecule has 3 N–H and O–H groups in total. The molecule has 1 saturated heterocycles. The molecule has 206 valence electrons. The SMILES string of the molecule is COc1cc(CC(=O)N2CC=C[C@H]2C(=O)N2CCN(CC(=O)O)CC2)ccc1NC(=O)Nc1ccccc1C. The second kappa shape index (κ2) is 12.4. The first-order chi connectivity index (χ1) is 18.7. The van der Waals surface area contributed by atoms with Gasteiger partial charge in [0, 0.05) is 38.4 Å². The Morgan fingerprint density at radius 3 is 2.41 bits per heavy atom. The smallest absolute Gasteiger partial charge is 0.323 e. The summed E-state index contributed by atoms with van der Waals surface area (Å²) in [7, 11) is 1.49. The topological polar surface area (TPSA) is 132 Å². The van der Waals surface area contributed by atoms with Crippen LogP contribution >= 0.6 is 0 Å². The molecule has 4 rings (SSSR count). The Hall–Kier alpha value is -4.38. The van der Waals surface area contributed by atoms with Crippen molar-refractivity contribution in [2.75, 3.05) is 57.0 Å². The van der Waals surface area contributed by atoms with Crippen LogP contribution in [0.2, 0.25) is 0 Å². The highest BCUT2D eigenvalue weighted by molar-refractivity contribution is 6.01. The lowest BCUT2D eigenvalue weighted by molar-refractivity contribution is -0.144. The molecule has 4 amide bonds. The molecule has 2 aliphatic rings. The lowest BCUT2D eigenvalue weighted by Crippen LogP contribution is -2.55. The van der Waals surface area contributed by atoms with Crippen LogP contribution in [0.1, 0.15) is 11.1 Å². The van der Waals surface area contributed by atoms with Crippen molar-refractivity contribution in [3.8, 4) is 5.75 Å². The highest BCUT2D eigenvalue weighted by Crippen LogP contribution is 2.27. The molecule has 39 heavy (non-hydrogen) atoms. The Kier molecular flexibility index (Phi) is 8.82. The zero-order valence-corrected chi connectivity index (χ0v) is 22.1. The maximum absolute atomic E-state index is 13.2. The summed E-state index contributed by atoms with van der Waals surface area (Å²) >= 11 is 0. The maximum atomic E-state index is 13.2. The van der Waals surface area contributed by atoms with Crippen molar-refractivity contribution in [1.29, 1.82) is 0 Å². The van der Waals surface area contributed by atoms with E-state index in [-0.39, 0.29) is 24.8 Å². The Labute approximate surface area is 227 Å². The Bertz CT molecular complexity index is 1270. The first kappa shape index (κ1) is 27.6. The average molecular weight is 536 g/mol. The van der Waals surface area contributed by atoms with E-state index in [1.165, 1.54) is 7.11 Å².